The van der Waals surface area contributed by atoms with E-state index in [2.05, 4.69) is 10.3 Å². The molecular weight excluding hydrogens is 415 g/mol. The Morgan fingerprint density at radius 2 is 1.97 bits per heavy atom. The Balaban J connectivity index is 1.68. The summed E-state index contributed by atoms with van der Waals surface area (Å²) in [4.78, 5) is 3.99. The minimum atomic E-state index is -3.79. The van der Waals surface area contributed by atoms with Gasteiger partial charge in [-0.3, -0.25) is 0 Å². The van der Waals surface area contributed by atoms with E-state index in [1.165, 1.54) is 22.9 Å². The van der Waals surface area contributed by atoms with E-state index in [-0.39, 0.29) is 35.9 Å². The van der Waals surface area contributed by atoms with Crippen molar-refractivity contribution in [2.45, 2.75) is 17.0 Å². The molecule has 2 unspecified atom stereocenters. The SMILES string of the molecule is Cn1cnc(S(=O)(=O)N2CC(Nc3cccc(Cl)c3)C(c3ccccc3F)C2)c1. The first-order valence-corrected chi connectivity index (χ1v) is 10.9. The Morgan fingerprint density at radius 1 is 1.17 bits per heavy atom. The summed E-state index contributed by atoms with van der Waals surface area (Å²) in [5, 5.41) is 3.88. The molecule has 6 nitrogen and oxygen atoms in total. The van der Waals surface area contributed by atoms with Gasteiger partial charge in [0.2, 0.25) is 0 Å². The number of aromatic nitrogens is 2. The van der Waals surface area contributed by atoms with E-state index < -0.39 is 10.0 Å². The Morgan fingerprint density at radius 3 is 2.66 bits per heavy atom. The molecule has 2 atom stereocenters. The van der Waals surface area contributed by atoms with Gasteiger partial charge in [0.25, 0.3) is 10.0 Å². The number of hydrogen-bond donors (Lipinski definition) is 1. The Labute approximate surface area is 174 Å². The zero-order chi connectivity index (χ0) is 20.6. The highest BCUT2D eigenvalue weighted by molar-refractivity contribution is 7.89. The quantitative estimate of drug-likeness (QED) is 0.667. The smallest absolute Gasteiger partial charge is 0.262 e. The van der Waals surface area contributed by atoms with Crippen molar-refractivity contribution in [2.75, 3.05) is 18.4 Å². The van der Waals surface area contributed by atoms with E-state index in [0.29, 0.717) is 10.6 Å². The fourth-order valence-electron chi connectivity index (χ4n) is 3.65. The zero-order valence-electron chi connectivity index (χ0n) is 15.7. The summed E-state index contributed by atoms with van der Waals surface area (Å²) in [6.45, 7) is 0.336. The zero-order valence-corrected chi connectivity index (χ0v) is 17.2. The molecule has 2 aromatic carbocycles. The van der Waals surface area contributed by atoms with Crippen molar-refractivity contribution < 1.29 is 12.8 Å². The average molecular weight is 435 g/mol. The van der Waals surface area contributed by atoms with Crippen molar-refractivity contribution in [3.63, 3.8) is 0 Å². The molecule has 4 rings (SSSR count). The van der Waals surface area contributed by atoms with Gasteiger partial charge in [-0.25, -0.2) is 17.8 Å². The molecule has 1 aliphatic heterocycles. The summed E-state index contributed by atoms with van der Waals surface area (Å²) in [5.74, 6) is -0.721. The van der Waals surface area contributed by atoms with Gasteiger partial charge in [-0.05, 0) is 29.8 Å². The summed E-state index contributed by atoms with van der Waals surface area (Å²) < 4.78 is 43.6. The molecule has 0 bridgehead atoms. The van der Waals surface area contributed by atoms with Gasteiger partial charge in [-0.2, -0.15) is 4.31 Å². The lowest BCUT2D eigenvalue weighted by Crippen LogP contribution is -2.32. The first-order chi connectivity index (χ1) is 13.8. The van der Waals surface area contributed by atoms with Crippen LogP contribution in [0.1, 0.15) is 11.5 Å². The molecule has 1 saturated heterocycles. The minimum Gasteiger partial charge on any atom is -0.380 e. The normalized spacial score (nSPS) is 20.1. The van der Waals surface area contributed by atoms with Crippen LogP contribution in [0.25, 0.3) is 0 Å². The second-order valence-electron chi connectivity index (χ2n) is 7.09. The van der Waals surface area contributed by atoms with Crippen LogP contribution in [-0.2, 0) is 17.1 Å². The van der Waals surface area contributed by atoms with Gasteiger partial charge in [0.1, 0.15) is 5.82 Å². The topological polar surface area (TPSA) is 67.2 Å². The third-order valence-electron chi connectivity index (χ3n) is 5.05. The van der Waals surface area contributed by atoms with Crippen LogP contribution in [0.15, 0.2) is 66.1 Å². The molecule has 1 aromatic heterocycles. The van der Waals surface area contributed by atoms with Crippen LogP contribution in [0.2, 0.25) is 5.02 Å². The summed E-state index contributed by atoms with van der Waals surface area (Å²) >= 11 is 6.08. The van der Waals surface area contributed by atoms with Crippen LogP contribution in [0.4, 0.5) is 10.1 Å². The van der Waals surface area contributed by atoms with Crippen LogP contribution in [-0.4, -0.2) is 41.4 Å². The minimum absolute atomic E-state index is 0.0179. The molecule has 29 heavy (non-hydrogen) atoms. The standard InChI is InChI=1S/C20H20ClFN4O2S/c1-25-12-20(23-13-25)29(27,28)26-10-17(16-7-2-3-8-18(16)22)19(11-26)24-15-6-4-5-14(21)9-15/h2-9,12-13,17,19,24H,10-11H2,1H3. The lowest BCUT2D eigenvalue weighted by molar-refractivity contribution is 0.467. The first kappa shape index (κ1) is 19.9. The van der Waals surface area contributed by atoms with Crippen molar-refractivity contribution in [1.82, 2.24) is 13.9 Å². The predicted molar refractivity (Wildman–Crippen MR) is 110 cm³/mol. The highest BCUT2D eigenvalue weighted by Crippen LogP contribution is 2.34. The lowest BCUT2D eigenvalue weighted by Gasteiger charge is -2.21. The molecule has 0 spiro atoms. The number of aryl methyl sites for hydroxylation is 1. The molecule has 1 fully saturated rings. The van der Waals surface area contributed by atoms with Crippen molar-refractivity contribution in [2.24, 2.45) is 7.05 Å². The molecule has 152 valence electrons. The van der Waals surface area contributed by atoms with Gasteiger partial charge in [0, 0.05) is 49.0 Å². The summed E-state index contributed by atoms with van der Waals surface area (Å²) in [6, 6.07) is 13.3. The highest BCUT2D eigenvalue weighted by Gasteiger charge is 2.41. The molecule has 0 radical (unpaired) electrons. The number of imidazole rings is 1. The van der Waals surface area contributed by atoms with E-state index in [1.54, 1.807) is 48.0 Å². The van der Waals surface area contributed by atoms with Crippen LogP contribution < -0.4 is 5.32 Å². The largest absolute Gasteiger partial charge is 0.380 e. The van der Waals surface area contributed by atoms with E-state index in [0.717, 1.165) is 5.69 Å². The number of sulfonamides is 1. The molecule has 1 aliphatic rings. The van der Waals surface area contributed by atoms with Gasteiger partial charge in [-0.15, -0.1) is 0 Å². The number of anilines is 1. The van der Waals surface area contributed by atoms with Crippen molar-refractivity contribution >= 4 is 27.3 Å². The highest BCUT2D eigenvalue weighted by atomic mass is 35.5. The monoisotopic (exact) mass is 434 g/mol. The van der Waals surface area contributed by atoms with Crippen molar-refractivity contribution in [3.05, 3.63) is 77.5 Å². The van der Waals surface area contributed by atoms with E-state index in [4.69, 9.17) is 11.6 Å². The molecule has 0 saturated carbocycles. The van der Waals surface area contributed by atoms with E-state index in [1.807, 2.05) is 6.07 Å². The first-order valence-electron chi connectivity index (χ1n) is 9.09. The number of rotatable bonds is 5. The Hall–Kier alpha value is -2.42. The predicted octanol–water partition coefficient (Wildman–Crippen LogP) is 3.48. The third kappa shape index (κ3) is 4.01. The number of halogens is 2. The molecule has 9 heteroatoms. The van der Waals surface area contributed by atoms with Gasteiger partial charge in [0.05, 0.1) is 6.33 Å². The van der Waals surface area contributed by atoms with Crippen LogP contribution in [0.5, 0.6) is 0 Å². The maximum Gasteiger partial charge on any atom is 0.262 e. The summed E-state index contributed by atoms with van der Waals surface area (Å²) in [7, 11) is -2.08. The third-order valence-corrected chi connectivity index (χ3v) is 7.01. The second kappa shape index (κ2) is 7.78. The Kier molecular flexibility index (Phi) is 5.33. The molecular formula is C20H20ClFN4O2S. The second-order valence-corrected chi connectivity index (χ2v) is 9.41. The molecule has 3 aromatic rings. The van der Waals surface area contributed by atoms with Crippen molar-refractivity contribution in [1.29, 1.82) is 0 Å². The van der Waals surface area contributed by atoms with Crippen LogP contribution in [0.3, 0.4) is 0 Å². The molecule has 0 aliphatic carbocycles. The number of nitrogens with one attached hydrogen (secondary N) is 1. The fourth-order valence-corrected chi connectivity index (χ4v) is 5.30. The fraction of sp³-hybridized carbons (Fsp3) is 0.250. The average Bonchev–Trinajstić information content (AvgIpc) is 3.30. The van der Waals surface area contributed by atoms with E-state index >= 15 is 0 Å². The maximum atomic E-state index is 14.5. The van der Waals surface area contributed by atoms with Gasteiger partial charge in [-0.1, -0.05) is 35.9 Å². The van der Waals surface area contributed by atoms with Crippen LogP contribution in [0, 0.1) is 5.82 Å². The van der Waals surface area contributed by atoms with Gasteiger partial charge in [0.15, 0.2) is 5.03 Å². The summed E-state index contributed by atoms with van der Waals surface area (Å²) in [5.41, 5.74) is 1.23. The molecule has 1 N–H and O–H groups in total. The van der Waals surface area contributed by atoms with Gasteiger partial charge >= 0.3 is 0 Å². The Bertz CT molecular complexity index is 1130. The lowest BCUT2D eigenvalue weighted by atomic mass is 9.93. The van der Waals surface area contributed by atoms with Crippen molar-refractivity contribution in [3.8, 4) is 0 Å². The van der Waals surface area contributed by atoms with Crippen LogP contribution >= 0.6 is 11.6 Å². The summed E-state index contributed by atoms with van der Waals surface area (Å²) in [6.07, 6.45) is 2.91. The number of nitrogens with zero attached hydrogens (tertiary/aromatic N) is 3. The molecule has 0 amide bonds. The van der Waals surface area contributed by atoms with E-state index in [9.17, 15) is 12.8 Å². The molecule has 2 heterocycles. The number of benzene rings is 2. The number of hydrogen-bond acceptors (Lipinski definition) is 4. The van der Waals surface area contributed by atoms with Gasteiger partial charge < -0.3 is 9.88 Å². The maximum absolute atomic E-state index is 14.5.